The molecule has 2 aliphatic rings. The molecule has 0 spiro atoms. The van der Waals surface area contributed by atoms with Crippen LogP contribution < -0.4 is 22.1 Å². The number of anilines is 2. The van der Waals surface area contributed by atoms with Gasteiger partial charge in [0.25, 0.3) is 5.91 Å². The zero-order valence-electron chi connectivity index (χ0n) is 20.2. The maximum Gasteiger partial charge on any atom is 0.271 e. The van der Waals surface area contributed by atoms with Crippen molar-refractivity contribution in [1.82, 2.24) is 19.8 Å². The van der Waals surface area contributed by atoms with Gasteiger partial charge in [0.2, 0.25) is 5.91 Å². The largest absolute Gasteiger partial charge is 0.382 e. The van der Waals surface area contributed by atoms with Gasteiger partial charge in [-0.1, -0.05) is 42.3 Å². The van der Waals surface area contributed by atoms with E-state index in [9.17, 15) is 9.59 Å². The van der Waals surface area contributed by atoms with Gasteiger partial charge in [-0.05, 0) is 37.0 Å². The SMILES string of the molecule is CC[C@H]1CN(c2nc(N)c(C(N)=O)nc2Cl)CCN1C1CCN([C@@H](C(N)=O)c2ccc(Cl)cc2)CC1. The zero-order valence-corrected chi connectivity index (χ0v) is 21.8. The monoisotopic (exact) mass is 534 g/mol. The predicted octanol–water partition coefficient (Wildman–Crippen LogP) is 2.06. The van der Waals surface area contributed by atoms with Crippen molar-refractivity contribution in [3.63, 3.8) is 0 Å². The van der Waals surface area contributed by atoms with E-state index in [1.54, 1.807) is 12.1 Å². The lowest BCUT2D eigenvalue weighted by molar-refractivity contribution is -0.124. The Morgan fingerprint density at radius 1 is 1.06 bits per heavy atom. The van der Waals surface area contributed by atoms with Crippen molar-refractivity contribution >= 4 is 46.7 Å². The van der Waals surface area contributed by atoms with E-state index in [-0.39, 0.29) is 28.6 Å². The van der Waals surface area contributed by atoms with Crippen LogP contribution in [0.3, 0.4) is 0 Å². The lowest BCUT2D eigenvalue weighted by Crippen LogP contribution is -2.59. The van der Waals surface area contributed by atoms with Crippen LogP contribution in [0.15, 0.2) is 24.3 Å². The Hall–Kier alpha value is -2.66. The van der Waals surface area contributed by atoms with Crippen LogP contribution in [0.25, 0.3) is 0 Å². The number of nitrogen functional groups attached to an aromatic ring is 1. The minimum absolute atomic E-state index is 0.0190. The summed E-state index contributed by atoms with van der Waals surface area (Å²) in [5, 5.41) is 0.749. The number of aromatic nitrogens is 2. The van der Waals surface area contributed by atoms with E-state index in [0.29, 0.717) is 23.4 Å². The molecule has 2 aromatic rings. The lowest BCUT2D eigenvalue weighted by atomic mass is 9.95. The molecule has 194 valence electrons. The number of nitrogens with zero attached hydrogens (tertiary/aromatic N) is 5. The Balaban J connectivity index is 1.42. The van der Waals surface area contributed by atoms with Crippen LogP contribution in [-0.2, 0) is 4.79 Å². The second-order valence-electron chi connectivity index (χ2n) is 9.31. The molecule has 2 aliphatic heterocycles. The smallest absolute Gasteiger partial charge is 0.271 e. The number of carbonyl (C=O) groups is 2. The Kier molecular flexibility index (Phi) is 8.19. The molecular weight excluding hydrogens is 503 g/mol. The molecule has 12 heteroatoms. The van der Waals surface area contributed by atoms with Crippen molar-refractivity contribution in [3.8, 4) is 0 Å². The fourth-order valence-electron chi connectivity index (χ4n) is 5.38. The second kappa shape index (κ2) is 11.2. The maximum atomic E-state index is 12.3. The van der Waals surface area contributed by atoms with E-state index in [0.717, 1.165) is 51.0 Å². The second-order valence-corrected chi connectivity index (χ2v) is 10.1. The van der Waals surface area contributed by atoms with Gasteiger partial charge in [-0.3, -0.25) is 19.4 Å². The van der Waals surface area contributed by atoms with E-state index in [1.807, 2.05) is 12.1 Å². The van der Waals surface area contributed by atoms with Gasteiger partial charge < -0.3 is 22.1 Å². The third-order valence-corrected chi connectivity index (χ3v) is 7.69. The van der Waals surface area contributed by atoms with E-state index in [1.165, 1.54) is 0 Å². The third kappa shape index (κ3) is 5.51. The topological polar surface area (TPSA) is 148 Å². The Bertz CT molecular complexity index is 1110. The Labute approximate surface area is 220 Å². The Morgan fingerprint density at radius 3 is 2.31 bits per heavy atom. The molecule has 2 amide bonds. The molecule has 3 heterocycles. The van der Waals surface area contributed by atoms with Crippen LogP contribution in [0.2, 0.25) is 10.2 Å². The summed E-state index contributed by atoms with van der Waals surface area (Å²) in [7, 11) is 0. The summed E-state index contributed by atoms with van der Waals surface area (Å²) in [6.07, 6.45) is 2.83. The summed E-state index contributed by atoms with van der Waals surface area (Å²) >= 11 is 12.4. The number of likely N-dealkylation sites (tertiary alicyclic amines) is 1. The fourth-order valence-corrected chi connectivity index (χ4v) is 5.76. The molecule has 2 saturated heterocycles. The number of rotatable bonds is 7. The van der Waals surface area contributed by atoms with Crippen molar-refractivity contribution in [3.05, 3.63) is 45.7 Å². The molecule has 0 unspecified atom stereocenters. The third-order valence-electron chi connectivity index (χ3n) is 7.18. The highest BCUT2D eigenvalue weighted by atomic mass is 35.5. The molecule has 1 aromatic heterocycles. The highest BCUT2D eigenvalue weighted by Gasteiger charge is 2.36. The first-order chi connectivity index (χ1) is 17.2. The number of hydrogen-bond donors (Lipinski definition) is 3. The molecule has 36 heavy (non-hydrogen) atoms. The number of piperidine rings is 1. The molecule has 6 N–H and O–H groups in total. The first kappa shape index (κ1) is 26.4. The minimum Gasteiger partial charge on any atom is -0.382 e. The van der Waals surface area contributed by atoms with E-state index in [2.05, 4.69) is 31.6 Å². The normalized spacial score (nSPS) is 20.9. The number of piperazine rings is 1. The van der Waals surface area contributed by atoms with Gasteiger partial charge in [0.15, 0.2) is 22.5 Å². The van der Waals surface area contributed by atoms with E-state index >= 15 is 0 Å². The van der Waals surface area contributed by atoms with Crippen molar-refractivity contribution < 1.29 is 9.59 Å². The summed E-state index contributed by atoms with van der Waals surface area (Å²) < 4.78 is 0. The molecule has 0 bridgehead atoms. The highest BCUT2D eigenvalue weighted by molar-refractivity contribution is 6.32. The summed E-state index contributed by atoms with van der Waals surface area (Å²) in [5.74, 6) is -0.657. The molecule has 10 nitrogen and oxygen atoms in total. The summed E-state index contributed by atoms with van der Waals surface area (Å²) in [6, 6.07) is 7.54. The quantitative estimate of drug-likeness (QED) is 0.488. The number of amides is 2. The van der Waals surface area contributed by atoms with Gasteiger partial charge in [-0.15, -0.1) is 0 Å². The summed E-state index contributed by atoms with van der Waals surface area (Å²) in [5.41, 5.74) is 17.7. The molecular formula is C24H32Cl2N8O2. The number of hydrogen-bond acceptors (Lipinski definition) is 8. The van der Waals surface area contributed by atoms with Gasteiger partial charge in [0.05, 0.1) is 0 Å². The fraction of sp³-hybridized carbons (Fsp3) is 0.500. The maximum absolute atomic E-state index is 12.3. The molecule has 0 radical (unpaired) electrons. The van der Waals surface area contributed by atoms with Crippen LogP contribution in [-0.4, -0.2) is 76.4 Å². The van der Waals surface area contributed by atoms with Gasteiger partial charge in [0.1, 0.15) is 6.04 Å². The minimum atomic E-state index is -0.759. The lowest BCUT2D eigenvalue weighted by Gasteiger charge is -2.48. The van der Waals surface area contributed by atoms with E-state index < -0.39 is 11.9 Å². The average molecular weight is 535 g/mol. The van der Waals surface area contributed by atoms with Crippen molar-refractivity contribution in [2.75, 3.05) is 43.4 Å². The molecule has 4 rings (SSSR count). The predicted molar refractivity (Wildman–Crippen MR) is 141 cm³/mol. The molecule has 0 aliphatic carbocycles. The van der Waals surface area contributed by atoms with Crippen LogP contribution >= 0.6 is 23.2 Å². The number of halogens is 2. The molecule has 0 saturated carbocycles. The number of nitrogens with two attached hydrogens (primary N) is 3. The molecule has 2 atom stereocenters. The van der Waals surface area contributed by atoms with Gasteiger partial charge in [-0.25, -0.2) is 9.97 Å². The van der Waals surface area contributed by atoms with Crippen LogP contribution in [0.4, 0.5) is 11.6 Å². The van der Waals surface area contributed by atoms with Gasteiger partial charge in [0, 0.05) is 49.8 Å². The number of carbonyl (C=O) groups excluding carboxylic acids is 2. The number of primary amides is 2. The van der Waals surface area contributed by atoms with Crippen molar-refractivity contribution in [1.29, 1.82) is 0 Å². The molecule has 2 fully saturated rings. The van der Waals surface area contributed by atoms with E-state index in [4.69, 9.17) is 40.4 Å². The first-order valence-electron chi connectivity index (χ1n) is 12.1. The highest BCUT2D eigenvalue weighted by Crippen LogP contribution is 2.31. The summed E-state index contributed by atoms with van der Waals surface area (Å²) in [6.45, 7) is 5.97. The van der Waals surface area contributed by atoms with Crippen molar-refractivity contribution in [2.45, 2.75) is 44.3 Å². The van der Waals surface area contributed by atoms with Gasteiger partial charge in [-0.2, -0.15) is 0 Å². The molecule has 1 aromatic carbocycles. The Morgan fingerprint density at radius 2 is 1.72 bits per heavy atom. The zero-order chi connectivity index (χ0) is 26.0. The van der Waals surface area contributed by atoms with Crippen LogP contribution in [0.5, 0.6) is 0 Å². The van der Waals surface area contributed by atoms with Gasteiger partial charge >= 0.3 is 0 Å². The average Bonchev–Trinajstić information content (AvgIpc) is 2.86. The number of benzene rings is 1. The first-order valence-corrected chi connectivity index (χ1v) is 12.9. The van der Waals surface area contributed by atoms with Crippen molar-refractivity contribution in [2.24, 2.45) is 11.5 Å². The van der Waals surface area contributed by atoms with Crippen LogP contribution in [0.1, 0.15) is 48.3 Å². The van der Waals surface area contributed by atoms with Crippen LogP contribution in [0, 0.1) is 0 Å². The summed E-state index contributed by atoms with van der Waals surface area (Å²) in [4.78, 5) is 39.0. The standard InChI is InChI=1S/C24H32Cl2N8O2/c1-2-16-13-33(24-20(26)30-18(22(28)35)21(27)31-24)11-12-34(16)17-7-9-32(10-8-17)19(23(29)36)14-3-5-15(25)6-4-14/h3-6,16-17,19H,2,7-13H2,1H3,(H2,27,31)(H2,28,35)(H2,29,36)/t16-,19+/m0/s1.